The van der Waals surface area contributed by atoms with Crippen molar-refractivity contribution < 1.29 is 4.79 Å². The van der Waals surface area contributed by atoms with Gasteiger partial charge < -0.3 is 5.32 Å². The van der Waals surface area contributed by atoms with E-state index in [0.717, 1.165) is 17.7 Å². The van der Waals surface area contributed by atoms with Crippen molar-refractivity contribution in [3.63, 3.8) is 0 Å². The molecule has 0 radical (unpaired) electrons. The van der Waals surface area contributed by atoms with Crippen LogP contribution in [0.3, 0.4) is 0 Å². The molecule has 27 heavy (non-hydrogen) atoms. The number of benzene rings is 3. The predicted octanol–water partition coefficient (Wildman–Crippen LogP) is 6.05. The van der Waals surface area contributed by atoms with Crippen LogP contribution in [0.4, 0.5) is 5.69 Å². The Hall–Kier alpha value is -2.87. The number of carbonyl (C=O) groups is 1. The summed E-state index contributed by atoms with van der Waals surface area (Å²) in [6, 6.07) is 29.2. The Kier molecular flexibility index (Phi) is 5.75. The van der Waals surface area contributed by atoms with Crippen molar-refractivity contribution in [2.45, 2.75) is 33.1 Å². The van der Waals surface area contributed by atoms with Gasteiger partial charge in [-0.15, -0.1) is 0 Å². The molecule has 0 aliphatic heterocycles. The van der Waals surface area contributed by atoms with Crippen molar-refractivity contribution in [3.8, 4) is 0 Å². The fourth-order valence-corrected chi connectivity index (χ4v) is 3.17. The predicted molar refractivity (Wildman–Crippen MR) is 113 cm³/mol. The van der Waals surface area contributed by atoms with E-state index in [1.54, 1.807) is 0 Å². The van der Waals surface area contributed by atoms with Gasteiger partial charge in [-0.05, 0) is 29.2 Å². The summed E-state index contributed by atoms with van der Waals surface area (Å²) in [4.78, 5) is 12.6. The van der Waals surface area contributed by atoms with Crippen molar-refractivity contribution >= 4 is 11.6 Å². The summed E-state index contributed by atoms with van der Waals surface area (Å²) in [5.74, 6) is 0.201. The molecule has 0 fully saturated rings. The van der Waals surface area contributed by atoms with Gasteiger partial charge >= 0.3 is 0 Å². The molecular formula is C25H27NO. The highest BCUT2D eigenvalue weighted by atomic mass is 16.2. The van der Waals surface area contributed by atoms with Crippen molar-refractivity contribution in [1.29, 1.82) is 0 Å². The summed E-state index contributed by atoms with van der Waals surface area (Å²) in [6.45, 7) is 5.80. The zero-order chi connectivity index (χ0) is 19.3. The second kappa shape index (κ2) is 8.22. The third-order valence-corrected chi connectivity index (χ3v) is 4.75. The van der Waals surface area contributed by atoms with Crippen LogP contribution in [0.1, 0.15) is 43.4 Å². The zero-order valence-electron chi connectivity index (χ0n) is 16.3. The second-order valence-electron chi connectivity index (χ2n) is 7.94. The second-order valence-corrected chi connectivity index (χ2v) is 7.94. The third kappa shape index (κ3) is 4.85. The Morgan fingerprint density at radius 3 is 2.00 bits per heavy atom. The van der Waals surface area contributed by atoms with Crippen molar-refractivity contribution in [2.75, 3.05) is 5.32 Å². The molecule has 0 heterocycles. The van der Waals surface area contributed by atoms with Gasteiger partial charge in [0.1, 0.15) is 0 Å². The van der Waals surface area contributed by atoms with Crippen LogP contribution >= 0.6 is 0 Å². The van der Waals surface area contributed by atoms with Crippen molar-refractivity contribution in [1.82, 2.24) is 0 Å². The number of amides is 1. The number of nitrogens with one attached hydrogen (secondary N) is 1. The van der Waals surface area contributed by atoms with E-state index in [1.807, 2.05) is 51.1 Å². The summed E-state index contributed by atoms with van der Waals surface area (Å²) in [7, 11) is 0. The molecule has 2 nitrogen and oxygen atoms in total. The molecule has 0 saturated heterocycles. The van der Waals surface area contributed by atoms with E-state index in [9.17, 15) is 4.79 Å². The molecule has 0 spiro atoms. The van der Waals surface area contributed by atoms with Crippen LogP contribution in [-0.2, 0) is 11.2 Å². The van der Waals surface area contributed by atoms with Gasteiger partial charge in [0.25, 0.3) is 0 Å². The molecule has 0 bridgehead atoms. The molecule has 0 unspecified atom stereocenters. The smallest absolute Gasteiger partial charge is 0.229 e. The van der Waals surface area contributed by atoms with Crippen LogP contribution in [0.25, 0.3) is 0 Å². The van der Waals surface area contributed by atoms with Gasteiger partial charge in [0, 0.05) is 17.0 Å². The minimum Gasteiger partial charge on any atom is -0.325 e. The molecule has 3 rings (SSSR count). The Morgan fingerprint density at radius 2 is 1.37 bits per heavy atom. The Morgan fingerprint density at radius 1 is 0.815 bits per heavy atom. The largest absolute Gasteiger partial charge is 0.325 e. The average Bonchev–Trinajstić information content (AvgIpc) is 2.67. The van der Waals surface area contributed by atoms with Gasteiger partial charge in [-0.3, -0.25) is 4.79 Å². The first kappa shape index (κ1) is 18.9. The van der Waals surface area contributed by atoms with Crippen molar-refractivity contribution in [2.24, 2.45) is 5.41 Å². The summed E-state index contributed by atoms with van der Waals surface area (Å²) >= 11 is 0. The van der Waals surface area contributed by atoms with Gasteiger partial charge in [-0.25, -0.2) is 0 Å². The molecule has 0 aromatic heterocycles. The molecule has 1 N–H and O–H groups in total. The van der Waals surface area contributed by atoms with Crippen LogP contribution in [0, 0.1) is 5.41 Å². The molecule has 1 amide bonds. The maximum atomic E-state index is 12.6. The van der Waals surface area contributed by atoms with Crippen LogP contribution in [0.2, 0.25) is 0 Å². The molecule has 2 heteroatoms. The molecule has 1 atom stereocenters. The third-order valence-electron chi connectivity index (χ3n) is 4.75. The Labute approximate surface area is 162 Å². The first-order valence-electron chi connectivity index (χ1n) is 9.44. The molecule has 138 valence electrons. The van der Waals surface area contributed by atoms with E-state index in [-0.39, 0.29) is 11.8 Å². The average molecular weight is 357 g/mol. The SMILES string of the molecule is CC(C)(C)C(=O)Nc1ccccc1[C@@H](Cc1ccccc1)c1ccccc1. The van der Waals surface area contributed by atoms with Crippen LogP contribution in [0.15, 0.2) is 84.9 Å². The van der Waals surface area contributed by atoms with E-state index in [1.165, 1.54) is 11.1 Å². The van der Waals surface area contributed by atoms with E-state index in [4.69, 9.17) is 0 Å². The quantitative estimate of drug-likeness (QED) is 0.592. The summed E-state index contributed by atoms with van der Waals surface area (Å²) in [6.07, 6.45) is 0.882. The van der Waals surface area contributed by atoms with E-state index in [2.05, 4.69) is 59.9 Å². The maximum Gasteiger partial charge on any atom is 0.229 e. The lowest BCUT2D eigenvalue weighted by atomic mass is 9.84. The molecule has 0 aliphatic rings. The number of hydrogen-bond acceptors (Lipinski definition) is 1. The van der Waals surface area contributed by atoms with E-state index in [0.29, 0.717) is 0 Å². The topological polar surface area (TPSA) is 29.1 Å². The molecular weight excluding hydrogens is 330 g/mol. The minimum absolute atomic E-state index is 0.0291. The van der Waals surface area contributed by atoms with Gasteiger partial charge in [0.05, 0.1) is 0 Å². The lowest BCUT2D eigenvalue weighted by Gasteiger charge is -2.24. The van der Waals surface area contributed by atoms with Crippen LogP contribution in [0.5, 0.6) is 0 Å². The zero-order valence-corrected chi connectivity index (χ0v) is 16.3. The fraction of sp³-hybridized carbons (Fsp3) is 0.240. The lowest BCUT2D eigenvalue weighted by Crippen LogP contribution is -2.28. The first-order valence-corrected chi connectivity index (χ1v) is 9.44. The van der Waals surface area contributed by atoms with Gasteiger partial charge in [-0.1, -0.05) is 99.6 Å². The first-order chi connectivity index (χ1) is 12.9. The minimum atomic E-state index is -0.436. The molecule has 0 saturated carbocycles. The monoisotopic (exact) mass is 357 g/mol. The van der Waals surface area contributed by atoms with E-state index >= 15 is 0 Å². The van der Waals surface area contributed by atoms with Gasteiger partial charge in [0.15, 0.2) is 0 Å². The summed E-state index contributed by atoms with van der Waals surface area (Å²) in [5.41, 5.74) is 4.13. The maximum absolute atomic E-state index is 12.6. The number of hydrogen-bond donors (Lipinski definition) is 1. The number of rotatable bonds is 5. The van der Waals surface area contributed by atoms with E-state index < -0.39 is 5.41 Å². The van der Waals surface area contributed by atoms with Gasteiger partial charge in [-0.2, -0.15) is 0 Å². The number of para-hydroxylation sites is 1. The van der Waals surface area contributed by atoms with Gasteiger partial charge in [0.2, 0.25) is 5.91 Å². The highest BCUT2D eigenvalue weighted by molar-refractivity contribution is 5.95. The van der Waals surface area contributed by atoms with Crippen LogP contribution in [-0.4, -0.2) is 5.91 Å². The standard InChI is InChI=1S/C25H27NO/c1-25(2,3)24(27)26-23-17-11-10-16-21(23)22(20-14-8-5-9-15-20)18-19-12-6-4-7-13-19/h4-17,22H,18H2,1-3H3,(H,26,27)/t22-/m0/s1. The molecule has 3 aromatic carbocycles. The van der Waals surface area contributed by atoms with Crippen molar-refractivity contribution in [3.05, 3.63) is 102 Å². The highest BCUT2D eigenvalue weighted by Gasteiger charge is 2.24. The summed E-state index contributed by atoms with van der Waals surface area (Å²) in [5, 5.41) is 3.15. The number of carbonyl (C=O) groups excluding carboxylic acids is 1. The Balaban J connectivity index is 2.01. The normalized spacial score (nSPS) is 12.4. The Bertz CT molecular complexity index is 879. The summed E-state index contributed by atoms with van der Waals surface area (Å²) < 4.78 is 0. The van der Waals surface area contributed by atoms with Crippen LogP contribution < -0.4 is 5.32 Å². The molecule has 3 aromatic rings. The highest BCUT2D eigenvalue weighted by Crippen LogP contribution is 2.34. The molecule has 0 aliphatic carbocycles. The fourth-order valence-electron chi connectivity index (χ4n) is 3.17. The number of anilines is 1. The lowest BCUT2D eigenvalue weighted by molar-refractivity contribution is -0.123.